The maximum atomic E-state index is 10.4. The molecule has 1 aliphatic heterocycles. The van der Waals surface area contributed by atoms with Gasteiger partial charge in [0.2, 0.25) is 0 Å². The third kappa shape index (κ3) is 7.73. The highest BCUT2D eigenvalue weighted by Gasteiger charge is 2.17. The smallest absolute Gasteiger partial charge is 0.127 e. The first-order valence-corrected chi connectivity index (χ1v) is 11.1. The fourth-order valence-corrected chi connectivity index (χ4v) is 3.75. The van der Waals surface area contributed by atoms with Crippen LogP contribution in [0.15, 0.2) is 42.5 Å². The van der Waals surface area contributed by atoms with E-state index in [-0.39, 0.29) is 6.61 Å². The molecule has 0 amide bonds. The van der Waals surface area contributed by atoms with Gasteiger partial charge in [-0.05, 0) is 58.1 Å². The van der Waals surface area contributed by atoms with Crippen LogP contribution in [-0.4, -0.2) is 74.6 Å². The van der Waals surface area contributed by atoms with Crippen molar-refractivity contribution < 1.29 is 19.3 Å². The van der Waals surface area contributed by atoms with Gasteiger partial charge in [0.25, 0.3) is 0 Å². The number of aliphatic hydroxyl groups is 1. The predicted octanol–water partition coefficient (Wildman–Crippen LogP) is 3.35. The molecule has 1 aliphatic rings. The molecule has 1 saturated heterocycles. The van der Waals surface area contributed by atoms with Crippen molar-refractivity contribution >= 4 is 0 Å². The Labute approximate surface area is 186 Å². The van der Waals surface area contributed by atoms with Gasteiger partial charge < -0.3 is 24.2 Å². The van der Waals surface area contributed by atoms with Crippen LogP contribution in [0.25, 0.3) is 0 Å². The topological polar surface area (TPSA) is 54.4 Å². The Bertz CT molecular complexity index is 791. The number of nitrogens with zero attached hydrogens (tertiary/aromatic N) is 2. The molecule has 0 aromatic heterocycles. The van der Waals surface area contributed by atoms with E-state index in [1.54, 1.807) is 7.11 Å². The molecule has 3 rings (SSSR count). The number of methoxy groups -OCH3 is 1. The highest BCUT2D eigenvalue weighted by atomic mass is 16.5. The predicted molar refractivity (Wildman–Crippen MR) is 123 cm³/mol. The summed E-state index contributed by atoms with van der Waals surface area (Å²) in [6.45, 7) is 7.26. The molecule has 1 N–H and O–H groups in total. The summed E-state index contributed by atoms with van der Waals surface area (Å²) in [6, 6.07) is 14.0. The van der Waals surface area contributed by atoms with Gasteiger partial charge in [-0.1, -0.05) is 23.8 Å². The summed E-state index contributed by atoms with van der Waals surface area (Å²) in [7, 11) is 3.71. The van der Waals surface area contributed by atoms with E-state index < -0.39 is 6.10 Å². The molecule has 0 saturated carbocycles. The Morgan fingerprint density at radius 3 is 2.45 bits per heavy atom. The second kappa shape index (κ2) is 11.9. The van der Waals surface area contributed by atoms with E-state index in [2.05, 4.69) is 35.9 Å². The van der Waals surface area contributed by atoms with E-state index in [1.807, 2.05) is 30.3 Å². The maximum absolute atomic E-state index is 10.4. The Morgan fingerprint density at radius 2 is 1.74 bits per heavy atom. The number of ether oxygens (including phenoxy) is 3. The van der Waals surface area contributed by atoms with E-state index in [1.165, 1.54) is 18.4 Å². The molecule has 170 valence electrons. The van der Waals surface area contributed by atoms with Gasteiger partial charge in [-0.3, -0.25) is 4.90 Å². The van der Waals surface area contributed by atoms with Crippen LogP contribution in [0.1, 0.15) is 24.0 Å². The van der Waals surface area contributed by atoms with Gasteiger partial charge in [0.1, 0.15) is 36.6 Å². The summed E-state index contributed by atoms with van der Waals surface area (Å²) in [4.78, 5) is 4.49. The van der Waals surface area contributed by atoms with Gasteiger partial charge in [-0.25, -0.2) is 0 Å². The molecule has 0 spiro atoms. The number of benzene rings is 2. The third-order valence-electron chi connectivity index (χ3n) is 5.58. The molecule has 0 radical (unpaired) electrons. The van der Waals surface area contributed by atoms with E-state index in [9.17, 15) is 5.11 Å². The Balaban J connectivity index is 1.50. The molecular weight excluding hydrogens is 392 g/mol. The second-order valence-corrected chi connectivity index (χ2v) is 8.35. The summed E-state index contributed by atoms with van der Waals surface area (Å²) in [5, 5.41) is 10.4. The van der Waals surface area contributed by atoms with Crippen LogP contribution in [0.3, 0.4) is 0 Å². The SMILES string of the molecule is COc1ccc(CN(C)CCOc2ccc(C)cc2)c(OCC(O)CN2CCCC2)c1. The molecule has 31 heavy (non-hydrogen) atoms. The van der Waals surface area contributed by atoms with Crippen molar-refractivity contribution in [2.45, 2.75) is 32.4 Å². The summed E-state index contributed by atoms with van der Waals surface area (Å²) in [5.41, 5.74) is 2.29. The Kier molecular flexibility index (Phi) is 9.00. The van der Waals surface area contributed by atoms with Crippen LogP contribution in [0.4, 0.5) is 0 Å². The molecule has 1 atom stereocenters. The summed E-state index contributed by atoms with van der Waals surface area (Å²) in [6.07, 6.45) is 1.93. The van der Waals surface area contributed by atoms with E-state index >= 15 is 0 Å². The van der Waals surface area contributed by atoms with Crippen LogP contribution >= 0.6 is 0 Å². The normalized spacial score (nSPS) is 15.3. The Hall–Kier alpha value is -2.28. The molecule has 2 aromatic rings. The highest BCUT2D eigenvalue weighted by molar-refractivity contribution is 5.40. The van der Waals surface area contributed by atoms with Gasteiger partial charge in [0.05, 0.1) is 7.11 Å². The molecule has 6 heteroatoms. The summed E-state index contributed by atoms with van der Waals surface area (Å²) in [5.74, 6) is 2.39. The van der Waals surface area contributed by atoms with Gasteiger partial charge in [-0.15, -0.1) is 0 Å². The van der Waals surface area contributed by atoms with Crippen molar-refractivity contribution in [3.63, 3.8) is 0 Å². The number of rotatable bonds is 12. The van der Waals surface area contributed by atoms with Crippen molar-refractivity contribution in [1.82, 2.24) is 9.80 Å². The first kappa shape index (κ1) is 23.4. The molecule has 1 fully saturated rings. The average Bonchev–Trinajstić information content (AvgIpc) is 3.27. The summed E-state index contributed by atoms with van der Waals surface area (Å²) >= 11 is 0. The van der Waals surface area contributed by atoms with Crippen molar-refractivity contribution in [2.75, 3.05) is 53.6 Å². The van der Waals surface area contributed by atoms with Crippen LogP contribution in [0.2, 0.25) is 0 Å². The number of hydrogen-bond acceptors (Lipinski definition) is 6. The van der Waals surface area contributed by atoms with E-state index in [0.29, 0.717) is 13.2 Å². The van der Waals surface area contributed by atoms with Crippen molar-refractivity contribution in [3.05, 3.63) is 53.6 Å². The molecular formula is C25H36N2O4. The molecule has 0 bridgehead atoms. The molecule has 0 aliphatic carbocycles. The zero-order valence-corrected chi connectivity index (χ0v) is 19.0. The fraction of sp³-hybridized carbons (Fsp3) is 0.520. The number of likely N-dealkylation sites (tertiary alicyclic amines) is 1. The number of aliphatic hydroxyl groups excluding tert-OH is 1. The molecule has 1 heterocycles. The lowest BCUT2D eigenvalue weighted by atomic mass is 10.1. The number of likely N-dealkylation sites (N-methyl/N-ethyl adjacent to an activating group) is 1. The van der Waals surface area contributed by atoms with Crippen molar-refractivity contribution in [1.29, 1.82) is 0 Å². The van der Waals surface area contributed by atoms with Gasteiger partial charge in [0, 0.05) is 31.3 Å². The highest BCUT2D eigenvalue weighted by Crippen LogP contribution is 2.26. The third-order valence-corrected chi connectivity index (χ3v) is 5.58. The minimum Gasteiger partial charge on any atom is -0.497 e. The number of β-amino-alcohol motifs (C(OH)–C–C–N with tert-alkyl or cyclic N) is 1. The lowest BCUT2D eigenvalue weighted by Crippen LogP contribution is -2.33. The van der Waals surface area contributed by atoms with Gasteiger partial charge in [-0.2, -0.15) is 0 Å². The first-order chi connectivity index (χ1) is 15.0. The Morgan fingerprint density at radius 1 is 1.03 bits per heavy atom. The molecule has 2 aromatic carbocycles. The number of hydrogen-bond donors (Lipinski definition) is 1. The van der Waals surface area contributed by atoms with Gasteiger partial charge >= 0.3 is 0 Å². The number of aryl methyl sites for hydroxylation is 1. The monoisotopic (exact) mass is 428 g/mol. The quantitative estimate of drug-likeness (QED) is 0.560. The van der Waals surface area contributed by atoms with Crippen LogP contribution < -0.4 is 14.2 Å². The molecule has 1 unspecified atom stereocenters. The largest absolute Gasteiger partial charge is 0.497 e. The lowest BCUT2D eigenvalue weighted by molar-refractivity contribution is 0.0750. The van der Waals surface area contributed by atoms with E-state index in [0.717, 1.165) is 49.0 Å². The standard InChI is InChI=1S/C25H36N2O4/c1-20-6-9-23(10-7-20)30-15-14-26(2)17-21-8-11-24(29-3)16-25(21)31-19-22(28)18-27-12-4-5-13-27/h6-11,16,22,28H,4-5,12-15,17-19H2,1-3H3. The first-order valence-electron chi connectivity index (χ1n) is 11.1. The fourth-order valence-electron chi connectivity index (χ4n) is 3.75. The minimum atomic E-state index is -0.502. The van der Waals surface area contributed by atoms with Gasteiger partial charge in [0.15, 0.2) is 0 Å². The average molecular weight is 429 g/mol. The lowest BCUT2D eigenvalue weighted by Gasteiger charge is -2.22. The minimum absolute atomic E-state index is 0.275. The zero-order chi connectivity index (χ0) is 22.1. The van der Waals surface area contributed by atoms with Crippen molar-refractivity contribution in [3.8, 4) is 17.2 Å². The zero-order valence-electron chi connectivity index (χ0n) is 19.0. The summed E-state index contributed by atoms with van der Waals surface area (Å²) < 4.78 is 17.2. The molecule has 6 nitrogen and oxygen atoms in total. The van der Waals surface area contributed by atoms with Crippen LogP contribution in [0.5, 0.6) is 17.2 Å². The van der Waals surface area contributed by atoms with Crippen molar-refractivity contribution in [2.24, 2.45) is 0 Å². The van der Waals surface area contributed by atoms with Crippen LogP contribution in [-0.2, 0) is 6.54 Å². The second-order valence-electron chi connectivity index (χ2n) is 8.35. The van der Waals surface area contributed by atoms with Crippen LogP contribution in [0, 0.1) is 6.92 Å². The maximum Gasteiger partial charge on any atom is 0.127 e. The van der Waals surface area contributed by atoms with E-state index in [4.69, 9.17) is 14.2 Å².